The van der Waals surface area contributed by atoms with Gasteiger partial charge in [-0.3, -0.25) is 0 Å². The summed E-state index contributed by atoms with van der Waals surface area (Å²) in [5.74, 6) is 1.24. The molecule has 0 amide bonds. The number of alkyl halides is 3. The van der Waals surface area contributed by atoms with Crippen LogP contribution in [0.15, 0.2) is 24.3 Å². The topological polar surface area (TPSA) is 21.3 Å². The van der Waals surface area contributed by atoms with Gasteiger partial charge < -0.3 is 10.1 Å². The van der Waals surface area contributed by atoms with Crippen LogP contribution < -0.4 is 10.1 Å². The van der Waals surface area contributed by atoms with Crippen molar-refractivity contribution >= 4 is 0 Å². The second-order valence-corrected chi connectivity index (χ2v) is 5.96. The maximum Gasteiger partial charge on any atom is 0.573 e. The largest absolute Gasteiger partial charge is 0.573 e. The number of hydrogen-bond donors (Lipinski definition) is 1. The Bertz CT molecular complexity index is 461. The van der Waals surface area contributed by atoms with E-state index in [9.17, 15) is 13.2 Å². The van der Waals surface area contributed by atoms with E-state index in [-0.39, 0.29) is 11.7 Å². The van der Waals surface area contributed by atoms with E-state index in [0.717, 1.165) is 24.9 Å². The average molecular weight is 301 g/mol. The standard InChI is InChI=1S/C16H22F3NO/c1-11-6-7-13(10-20-2)15(8-11)12-4-3-5-14(9-12)21-16(17,18)19/h3-5,9,11,13,15,20H,6-8,10H2,1-2H3. The van der Waals surface area contributed by atoms with Gasteiger partial charge in [-0.25, -0.2) is 0 Å². The summed E-state index contributed by atoms with van der Waals surface area (Å²) in [7, 11) is 1.91. The lowest BCUT2D eigenvalue weighted by Crippen LogP contribution is -2.30. The first kappa shape index (κ1) is 16.1. The summed E-state index contributed by atoms with van der Waals surface area (Å²) >= 11 is 0. The summed E-state index contributed by atoms with van der Waals surface area (Å²) in [5, 5.41) is 3.19. The fourth-order valence-electron chi connectivity index (χ4n) is 3.30. The van der Waals surface area contributed by atoms with Crippen molar-refractivity contribution in [3.05, 3.63) is 29.8 Å². The monoisotopic (exact) mass is 301 g/mol. The lowest BCUT2D eigenvalue weighted by atomic mass is 9.71. The van der Waals surface area contributed by atoms with E-state index in [1.807, 2.05) is 13.1 Å². The lowest BCUT2D eigenvalue weighted by Gasteiger charge is -2.35. The highest BCUT2D eigenvalue weighted by molar-refractivity contribution is 5.32. The van der Waals surface area contributed by atoms with Crippen molar-refractivity contribution in [2.45, 2.75) is 38.5 Å². The molecule has 3 atom stereocenters. The second kappa shape index (κ2) is 6.69. The van der Waals surface area contributed by atoms with Gasteiger partial charge in [-0.05, 0) is 61.9 Å². The third kappa shape index (κ3) is 4.63. The predicted molar refractivity (Wildman–Crippen MR) is 76.3 cm³/mol. The molecule has 0 bridgehead atoms. The van der Waals surface area contributed by atoms with Crippen molar-refractivity contribution in [3.63, 3.8) is 0 Å². The van der Waals surface area contributed by atoms with Crippen LogP contribution in [-0.2, 0) is 0 Å². The summed E-state index contributed by atoms with van der Waals surface area (Å²) in [5.41, 5.74) is 0.948. The van der Waals surface area contributed by atoms with E-state index < -0.39 is 6.36 Å². The van der Waals surface area contributed by atoms with Gasteiger partial charge in [-0.15, -0.1) is 13.2 Å². The Kier molecular flexibility index (Phi) is 5.14. The fraction of sp³-hybridized carbons (Fsp3) is 0.625. The van der Waals surface area contributed by atoms with Crippen LogP contribution in [0.5, 0.6) is 5.75 Å². The Balaban J connectivity index is 2.19. The Morgan fingerprint density at radius 2 is 2.05 bits per heavy atom. The maximum absolute atomic E-state index is 12.3. The zero-order valence-electron chi connectivity index (χ0n) is 12.4. The lowest BCUT2D eigenvalue weighted by molar-refractivity contribution is -0.274. The molecule has 1 aromatic rings. The van der Waals surface area contributed by atoms with E-state index in [2.05, 4.69) is 17.0 Å². The first-order valence-corrected chi connectivity index (χ1v) is 7.39. The quantitative estimate of drug-likeness (QED) is 0.894. The van der Waals surface area contributed by atoms with Gasteiger partial charge >= 0.3 is 6.36 Å². The normalized spacial score (nSPS) is 26.6. The van der Waals surface area contributed by atoms with Gasteiger partial charge in [-0.1, -0.05) is 25.5 Å². The summed E-state index contributed by atoms with van der Waals surface area (Å²) in [4.78, 5) is 0. The van der Waals surface area contributed by atoms with Crippen molar-refractivity contribution in [1.29, 1.82) is 0 Å². The van der Waals surface area contributed by atoms with Gasteiger partial charge in [0.05, 0.1) is 0 Å². The molecule has 2 rings (SSSR count). The molecule has 0 heterocycles. The molecule has 3 unspecified atom stereocenters. The molecule has 21 heavy (non-hydrogen) atoms. The highest BCUT2D eigenvalue weighted by Crippen LogP contribution is 2.41. The minimum Gasteiger partial charge on any atom is -0.406 e. The molecule has 5 heteroatoms. The highest BCUT2D eigenvalue weighted by Gasteiger charge is 2.32. The van der Waals surface area contributed by atoms with Gasteiger partial charge in [0.25, 0.3) is 0 Å². The number of benzene rings is 1. The maximum atomic E-state index is 12.3. The molecule has 1 saturated carbocycles. The van der Waals surface area contributed by atoms with Crippen LogP contribution in [0.25, 0.3) is 0 Å². The molecular weight excluding hydrogens is 279 g/mol. The van der Waals surface area contributed by atoms with Gasteiger partial charge in [0, 0.05) is 0 Å². The van der Waals surface area contributed by atoms with E-state index in [4.69, 9.17) is 0 Å². The second-order valence-electron chi connectivity index (χ2n) is 5.96. The van der Waals surface area contributed by atoms with Crippen LogP contribution in [0, 0.1) is 11.8 Å². The number of ether oxygens (including phenoxy) is 1. The average Bonchev–Trinajstić information content (AvgIpc) is 2.39. The molecule has 0 spiro atoms. The van der Waals surface area contributed by atoms with Crippen LogP contribution in [0.3, 0.4) is 0 Å². The van der Waals surface area contributed by atoms with Crippen molar-refractivity contribution in [3.8, 4) is 5.75 Å². The van der Waals surface area contributed by atoms with E-state index >= 15 is 0 Å². The molecule has 1 N–H and O–H groups in total. The van der Waals surface area contributed by atoms with Crippen molar-refractivity contribution < 1.29 is 17.9 Å². The van der Waals surface area contributed by atoms with Crippen LogP contribution in [-0.4, -0.2) is 20.0 Å². The summed E-state index contributed by atoms with van der Waals surface area (Å²) < 4.78 is 41.1. The number of halogens is 3. The minimum absolute atomic E-state index is 0.124. The number of nitrogens with one attached hydrogen (secondary N) is 1. The van der Waals surface area contributed by atoms with Gasteiger partial charge in [0.1, 0.15) is 5.75 Å². The van der Waals surface area contributed by atoms with Crippen LogP contribution in [0.2, 0.25) is 0 Å². The van der Waals surface area contributed by atoms with Crippen LogP contribution >= 0.6 is 0 Å². The molecule has 1 aliphatic rings. The van der Waals surface area contributed by atoms with Crippen molar-refractivity contribution in [1.82, 2.24) is 5.32 Å². The fourth-order valence-corrected chi connectivity index (χ4v) is 3.30. The van der Waals surface area contributed by atoms with Gasteiger partial charge in [0.2, 0.25) is 0 Å². The molecule has 2 nitrogen and oxygen atoms in total. The zero-order valence-corrected chi connectivity index (χ0v) is 12.4. The van der Waals surface area contributed by atoms with Gasteiger partial charge in [0.15, 0.2) is 0 Å². The van der Waals surface area contributed by atoms with Crippen LogP contribution in [0.4, 0.5) is 13.2 Å². The third-order valence-corrected chi connectivity index (χ3v) is 4.24. The SMILES string of the molecule is CNCC1CCC(C)CC1c1cccc(OC(F)(F)F)c1. The van der Waals surface area contributed by atoms with Crippen molar-refractivity contribution in [2.24, 2.45) is 11.8 Å². The Labute approximate surface area is 123 Å². The molecule has 0 saturated heterocycles. The minimum atomic E-state index is -4.64. The Morgan fingerprint density at radius 3 is 2.71 bits per heavy atom. The van der Waals surface area contributed by atoms with Crippen LogP contribution in [0.1, 0.15) is 37.7 Å². The predicted octanol–water partition coefficient (Wildman–Crippen LogP) is 4.32. The molecule has 118 valence electrons. The van der Waals surface area contributed by atoms with Gasteiger partial charge in [-0.2, -0.15) is 0 Å². The Hall–Kier alpha value is -1.23. The number of hydrogen-bond acceptors (Lipinski definition) is 2. The third-order valence-electron chi connectivity index (χ3n) is 4.24. The summed E-state index contributed by atoms with van der Waals surface area (Å²) in [6.07, 6.45) is -1.33. The smallest absolute Gasteiger partial charge is 0.406 e. The van der Waals surface area contributed by atoms with E-state index in [1.165, 1.54) is 12.5 Å². The van der Waals surface area contributed by atoms with E-state index in [1.54, 1.807) is 12.1 Å². The van der Waals surface area contributed by atoms with E-state index in [0.29, 0.717) is 11.8 Å². The van der Waals surface area contributed by atoms with Crippen molar-refractivity contribution in [2.75, 3.05) is 13.6 Å². The Morgan fingerprint density at radius 1 is 1.29 bits per heavy atom. The molecule has 1 aromatic carbocycles. The molecule has 0 aromatic heterocycles. The number of rotatable bonds is 4. The first-order valence-electron chi connectivity index (χ1n) is 7.39. The zero-order chi connectivity index (χ0) is 15.5. The molecule has 0 aliphatic heterocycles. The summed E-state index contributed by atoms with van der Waals surface area (Å²) in [6.45, 7) is 3.10. The highest BCUT2D eigenvalue weighted by atomic mass is 19.4. The molecule has 0 radical (unpaired) electrons. The molecular formula is C16H22F3NO. The molecule has 1 fully saturated rings. The molecule has 1 aliphatic carbocycles. The first-order chi connectivity index (χ1) is 9.89. The summed E-state index contributed by atoms with van der Waals surface area (Å²) in [6, 6.07) is 6.45.